The van der Waals surface area contributed by atoms with Crippen molar-refractivity contribution in [3.8, 4) is 5.75 Å². The Morgan fingerprint density at radius 1 is 1.05 bits per heavy atom. The van der Waals surface area contributed by atoms with Crippen LogP contribution in [0, 0.1) is 11.6 Å². The maximum atomic E-state index is 13.8. The minimum Gasteiger partial charge on any atom is -0.496 e. The van der Waals surface area contributed by atoms with Crippen LogP contribution < -0.4 is 16.0 Å². The first-order valence-electron chi connectivity index (χ1n) is 5.72. The summed E-state index contributed by atoms with van der Waals surface area (Å²) in [5.74, 6) is 4.21. The van der Waals surface area contributed by atoms with E-state index in [0.717, 1.165) is 6.07 Å². The molecule has 0 saturated carbocycles. The monoisotopic (exact) mass is 264 g/mol. The number of hydrazine groups is 1. The van der Waals surface area contributed by atoms with E-state index in [2.05, 4.69) is 5.43 Å². The van der Waals surface area contributed by atoms with Crippen LogP contribution >= 0.6 is 0 Å². The number of rotatable bonds is 4. The zero-order valence-corrected chi connectivity index (χ0v) is 10.4. The molecule has 1 atom stereocenters. The molecule has 3 N–H and O–H groups in total. The topological polar surface area (TPSA) is 47.3 Å². The Hall–Kier alpha value is -1.98. The first-order chi connectivity index (χ1) is 9.19. The molecule has 0 bridgehead atoms. The average molecular weight is 264 g/mol. The van der Waals surface area contributed by atoms with Crippen molar-refractivity contribution < 1.29 is 13.5 Å². The standard InChI is InChI=1S/C14H14F2N2O/c1-19-12-8-3-2-5-9(12)14(18-17)10-6-4-7-11(15)13(10)16/h2-8,14,18H,17H2,1H3. The van der Waals surface area contributed by atoms with Gasteiger partial charge in [-0.1, -0.05) is 30.3 Å². The Labute approximate surface area is 110 Å². The number of nitrogens with two attached hydrogens (primary N) is 1. The lowest BCUT2D eigenvalue weighted by Gasteiger charge is -2.20. The van der Waals surface area contributed by atoms with Gasteiger partial charge in [-0.3, -0.25) is 5.84 Å². The summed E-state index contributed by atoms with van der Waals surface area (Å²) in [6, 6.07) is 10.3. The largest absolute Gasteiger partial charge is 0.496 e. The highest BCUT2D eigenvalue weighted by atomic mass is 19.2. The van der Waals surface area contributed by atoms with E-state index < -0.39 is 17.7 Å². The van der Waals surface area contributed by atoms with Crippen molar-refractivity contribution in [3.05, 3.63) is 65.2 Å². The van der Waals surface area contributed by atoms with E-state index in [9.17, 15) is 8.78 Å². The molecule has 3 nitrogen and oxygen atoms in total. The van der Waals surface area contributed by atoms with Gasteiger partial charge in [-0.05, 0) is 12.1 Å². The summed E-state index contributed by atoms with van der Waals surface area (Å²) in [4.78, 5) is 0. The molecule has 2 aromatic rings. The molecular formula is C14H14F2N2O. The molecule has 0 aliphatic rings. The number of hydrogen-bond acceptors (Lipinski definition) is 3. The minimum absolute atomic E-state index is 0.131. The van der Waals surface area contributed by atoms with Crippen molar-refractivity contribution in [1.82, 2.24) is 5.43 Å². The van der Waals surface area contributed by atoms with Crippen LogP contribution in [0.3, 0.4) is 0 Å². The smallest absolute Gasteiger partial charge is 0.163 e. The van der Waals surface area contributed by atoms with Crippen LogP contribution in [0.25, 0.3) is 0 Å². The van der Waals surface area contributed by atoms with Crippen LogP contribution in [-0.4, -0.2) is 7.11 Å². The van der Waals surface area contributed by atoms with Crippen LogP contribution in [0.2, 0.25) is 0 Å². The zero-order chi connectivity index (χ0) is 13.8. The molecule has 0 aromatic heterocycles. The molecule has 0 heterocycles. The zero-order valence-electron chi connectivity index (χ0n) is 10.4. The second kappa shape index (κ2) is 5.77. The number of ether oxygens (including phenoxy) is 1. The van der Waals surface area contributed by atoms with E-state index in [0.29, 0.717) is 11.3 Å². The summed E-state index contributed by atoms with van der Waals surface area (Å²) in [5.41, 5.74) is 3.26. The molecule has 0 aliphatic carbocycles. The fourth-order valence-electron chi connectivity index (χ4n) is 2.00. The summed E-state index contributed by atoms with van der Waals surface area (Å²) in [6.07, 6.45) is 0. The van der Waals surface area contributed by atoms with Crippen LogP contribution in [0.15, 0.2) is 42.5 Å². The highest BCUT2D eigenvalue weighted by Crippen LogP contribution is 2.31. The number of halogens is 2. The molecule has 1 unspecified atom stereocenters. The number of methoxy groups -OCH3 is 1. The first kappa shape index (κ1) is 13.5. The molecule has 0 radical (unpaired) electrons. The minimum atomic E-state index is -0.920. The van der Waals surface area contributed by atoms with E-state index in [4.69, 9.17) is 10.6 Å². The second-order valence-electron chi connectivity index (χ2n) is 3.98. The number of hydrogen-bond donors (Lipinski definition) is 2. The lowest BCUT2D eigenvalue weighted by Crippen LogP contribution is -2.30. The number of benzene rings is 2. The van der Waals surface area contributed by atoms with E-state index in [1.54, 1.807) is 24.3 Å². The average Bonchev–Trinajstić information content (AvgIpc) is 2.45. The van der Waals surface area contributed by atoms with Crippen LogP contribution in [-0.2, 0) is 0 Å². The Bertz CT molecular complexity index is 575. The van der Waals surface area contributed by atoms with E-state index in [1.807, 2.05) is 0 Å². The normalized spacial score (nSPS) is 12.2. The SMILES string of the molecule is COc1ccccc1C(NN)c1cccc(F)c1F. The summed E-state index contributed by atoms with van der Waals surface area (Å²) in [7, 11) is 1.51. The molecule has 0 fully saturated rings. The maximum absolute atomic E-state index is 13.8. The molecule has 5 heteroatoms. The molecule has 0 saturated heterocycles. The predicted octanol–water partition coefficient (Wildman–Crippen LogP) is 2.53. The number of para-hydroxylation sites is 1. The highest BCUT2D eigenvalue weighted by Gasteiger charge is 2.21. The van der Waals surface area contributed by atoms with Gasteiger partial charge in [0.2, 0.25) is 0 Å². The molecule has 0 spiro atoms. The van der Waals surface area contributed by atoms with Crippen molar-refractivity contribution >= 4 is 0 Å². The van der Waals surface area contributed by atoms with Gasteiger partial charge in [-0.15, -0.1) is 0 Å². The quantitative estimate of drug-likeness (QED) is 0.659. The molecule has 0 amide bonds. The van der Waals surface area contributed by atoms with Crippen LogP contribution in [0.5, 0.6) is 5.75 Å². The van der Waals surface area contributed by atoms with Gasteiger partial charge in [0.1, 0.15) is 5.75 Å². The van der Waals surface area contributed by atoms with Crippen molar-refractivity contribution in [2.24, 2.45) is 5.84 Å². The maximum Gasteiger partial charge on any atom is 0.163 e. The fourth-order valence-corrected chi connectivity index (χ4v) is 2.00. The van der Waals surface area contributed by atoms with Gasteiger partial charge >= 0.3 is 0 Å². The molecule has 2 aromatic carbocycles. The van der Waals surface area contributed by atoms with Crippen LogP contribution in [0.1, 0.15) is 17.2 Å². The predicted molar refractivity (Wildman–Crippen MR) is 68.5 cm³/mol. The molecule has 19 heavy (non-hydrogen) atoms. The third-order valence-electron chi connectivity index (χ3n) is 2.91. The van der Waals surface area contributed by atoms with Gasteiger partial charge in [0, 0.05) is 11.1 Å². The third kappa shape index (κ3) is 2.57. The molecule has 0 aliphatic heterocycles. The van der Waals surface area contributed by atoms with Gasteiger partial charge < -0.3 is 4.74 Å². The summed E-state index contributed by atoms with van der Waals surface area (Å²) >= 11 is 0. The Morgan fingerprint density at radius 2 is 1.74 bits per heavy atom. The Kier molecular flexibility index (Phi) is 4.09. The van der Waals surface area contributed by atoms with E-state index in [-0.39, 0.29) is 5.56 Å². The van der Waals surface area contributed by atoms with Crippen molar-refractivity contribution in [3.63, 3.8) is 0 Å². The van der Waals surface area contributed by atoms with Gasteiger partial charge in [0.25, 0.3) is 0 Å². The van der Waals surface area contributed by atoms with Crippen molar-refractivity contribution in [2.45, 2.75) is 6.04 Å². The van der Waals surface area contributed by atoms with Crippen molar-refractivity contribution in [1.29, 1.82) is 0 Å². The van der Waals surface area contributed by atoms with E-state index in [1.165, 1.54) is 19.2 Å². The van der Waals surface area contributed by atoms with E-state index >= 15 is 0 Å². The molecule has 100 valence electrons. The highest BCUT2D eigenvalue weighted by molar-refractivity contribution is 5.42. The van der Waals surface area contributed by atoms with Gasteiger partial charge in [0.05, 0.1) is 13.2 Å². The fraction of sp³-hybridized carbons (Fsp3) is 0.143. The lowest BCUT2D eigenvalue weighted by molar-refractivity contribution is 0.402. The van der Waals surface area contributed by atoms with Gasteiger partial charge in [0.15, 0.2) is 11.6 Å². The number of nitrogens with one attached hydrogen (secondary N) is 1. The van der Waals surface area contributed by atoms with Crippen molar-refractivity contribution in [2.75, 3.05) is 7.11 Å². The lowest BCUT2D eigenvalue weighted by atomic mass is 9.98. The Morgan fingerprint density at radius 3 is 2.42 bits per heavy atom. The van der Waals surface area contributed by atoms with Gasteiger partial charge in [-0.25, -0.2) is 14.2 Å². The summed E-state index contributed by atoms with van der Waals surface area (Å²) in [6.45, 7) is 0. The Balaban J connectivity index is 2.53. The summed E-state index contributed by atoms with van der Waals surface area (Å²) < 4.78 is 32.4. The van der Waals surface area contributed by atoms with Gasteiger partial charge in [-0.2, -0.15) is 0 Å². The van der Waals surface area contributed by atoms with Crippen LogP contribution in [0.4, 0.5) is 8.78 Å². The molecule has 2 rings (SSSR count). The first-order valence-corrected chi connectivity index (χ1v) is 5.72. The molecular weight excluding hydrogens is 250 g/mol. The summed E-state index contributed by atoms with van der Waals surface area (Å²) in [5, 5.41) is 0. The second-order valence-corrected chi connectivity index (χ2v) is 3.98. The third-order valence-corrected chi connectivity index (χ3v) is 2.91.